The lowest BCUT2D eigenvalue weighted by atomic mass is 9.99. The Labute approximate surface area is 157 Å². The van der Waals surface area contributed by atoms with Crippen LogP contribution in [0.15, 0.2) is 53.6 Å². The topological polar surface area (TPSA) is 95.9 Å². The van der Waals surface area contributed by atoms with E-state index < -0.39 is 31.9 Å². The number of hydrazone groups is 1. The quantitative estimate of drug-likeness (QED) is 0.817. The van der Waals surface area contributed by atoms with Crippen LogP contribution >= 0.6 is 0 Å². The summed E-state index contributed by atoms with van der Waals surface area (Å²) in [6.07, 6.45) is 2.38. The van der Waals surface area contributed by atoms with Crippen molar-refractivity contribution in [2.24, 2.45) is 5.10 Å². The van der Waals surface area contributed by atoms with Crippen molar-refractivity contribution in [1.82, 2.24) is 4.41 Å². The predicted octanol–water partition coefficient (Wildman–Crippen LogP) is 2.31. The highest BCUT2D eigenvalue weighted by Gasteiger charge is 2.34. The van der Waals surface area contributed by atoms with E-state index in [1.165, 1.54) is 24.3 Å². The molecule has 0 bridgehead atoms. The van der Waals surface area contributed by atoms with Gasteiger partial charge in [-0.25, -0.2) is 21.2 Å². The average molecular weight is 411 g/mol. The summed E-state index contributed by atoms with van der Waals surface area (Å²) < 4.78 is 63.8. The van der Waals surface area contributed by atoms with Crippen molar-refractivity contribution in [1.29, 1.82) is 0 Å². The number of hydrogen-bond acceptors (Lipinski definition) is 5. The fraction of sp³-hybridized carbons (Fsp3) is 0.235. The van der Waals surface area contributed by atoms with E-state index in [9.17, 15) is 21.2 Å². The van der Waals surface area contributed by atoms with Crippen LogP contribution in [0.3, 0.4) is 0 Å². The molecule has 0 radical (unpaired) electrons. The molecule has 0 aromatic heterocycles. The van der Waals surface area contributed by atoms with Crippen LogP contribution in [0.1, 0.15) is 23.6 Å². The number of anilines is 1. The summed E-state index contributed by atoms with van der Waals surface area (Å²) in [5.74, 6) is -0.414. The van der Waals surface area contributed by atoms with Crippen LogP contribution in [0, 0.1) is 5.82 Å². The zero-order chi connectivity index (χ0) is 19.8. The summed E-state index contributed by atoms with van der Waals surface area (Å²) in [5.41, 5.74) is 2.06. The first-order valence-corrected chi connectivity index (χ1v) is 11.7. The normalized spacial score (nSPS) is 17.7. The molecule has 0 unspecified atom stereocenters. The lowest BCUT2D eigenvalue weighted by Crippen LogP contribution is -2.25. The lowest BCUT2D eigenvalue weighted by Gasteiger charge is -2.21. The number of nitrogens with zero attached hydrogens (tertiary/aromatic N) is 2. The highest BCUT2D eigenvalue weighted by atomic mass is 32.2. The minimum absolute atomic E-state index is 0.279. The van der Waals surface area contributed by atoms with Gasteiger partial charge in [0.2, 0.25) is 20.0 Å². The Kier molecular flexibility index (Phi) is 4.96. The highest BCUT2D eigenvalue weighted by Crippen LogP contribution is 2.35. The first kappa shape index (κ1) is 19.3. The lowest BCUT2D eigenvalue weighted by molar-refractivity contribution is 0.374. The Bertz CT molecular complexity index is 1100. The molecule has 7 nitrogen and oxygen atoms in total. The van der Waals surface area contributed by atoms with E-state index in [2.05, 4.69) is 9.82 Å². The third-order valence-electron chi connectivity index (χ3n) is 3.97. The maximum absolute atomic E-state index is 13.2. The Morgan fingerprint density at radius 2 is 1.74 bits per heavy atom. The number of halogens is 1. The molecule has 0 aliphatic carbocycles. The molecule has 27 heavy (non-hydrogen) atoms. The van der Waals surface area contributed by atoms with Gasteiger partial charge < -0.3 is 0 Å². The maximum Gasteiger partial charge on any atom is 0.247 e. The fourth-order valence-electron chi connectivity index (χ4n) is 2.88. The molecule has 0 saturated heterocycles. The summed E-state index contributed by atoms with van der Waals surface area (Å²) in [4.78, 5) is 0. The highest BCUT2D eigenvalue weighted by molar-refractivity contribution is 7.92. The van der Waals surface area contributed by atoms with Crippen molar-refractivity contribution in [3.63, 3.8) is 0 Å². The number of sulfonamides is 2. The monoisotopic (exact) mass is 411 g/mol. The van der Waals surface area contributed by atoms with Gasteiger partial charge in [0.05, 0.1) is 24.3 Å². The minimum Gasteiger partial charge on any atom is -0.284 e. The molecule has 1 N–H and O–H groups in total. The zero-order valence-corrected chi connectivity index (χ0v) is 16.3. The predicted molar refractivity (Wildman–Crippen MR) is 102 cm³/mol. The summed E-state index contributed by atoms with van der Waals surface area (Å²) >= 11 is 0. The van der Waals surface area contributed by atoms with Gasteiger partial charge in [-0.1, -0.05) is 24.3 Å². The largest absolute Gasteiger partial charge is 0.284 e. The fourth-order valence-corrected chi connectivity index (χ4v) is 4.34. The maximum atomic E-state index is 13.2. The van der Waals surface area contributed by atoms with Gasteiger partial charge in [-0.15, -0.1) is 0 Å². The molecule has 1 aliphatic heterocycles. The van der Waals surface area contributed by atoms with Gasteiger partial charge in [-0.05, 0) is 35.4 Å². The van der Waals surface area contributed by atoms with Gasteiger partial charge in [0.1, 0.15) is 5.82 Å². The van der Waals surface area contributed by atoms with Crippen molar-refractivity contribution in [3.05, 3.63) is 65.5 Å². The van der Waals surface area contributed by atoms with E-state index in [0.717, 1.165) is 16.9 Å². The van der Waals surface area contributed by atoms with Crippen LogP contribution in [-0.4, -0.2) is 39.5 Å². The minimum atomic E-state index is -3.65. The van der Waals surface area contributed by atoms with E-state index in [4.69, 9.17) is 0 Å². The summed E-state index contributed by atoms with van der Waals surface area (Å²) in [6, 6.07) is 11.5. The first-order valence-electron chi connectivity index (χ1n) is 7.93. The zero-order valence-electron chi connectivity index (χ0n) is 14.6. The van der Waals surface area contributed by atoms with Gasteiger partial charge in [0.25, 0.3) is 0 Å². The van der Waals surface area contributed by atoms with Crippen molar-refractivity contribution in [2.75, 3.05) is 17.2 Å². The van der Waals surface area contributed by atoms with E-state index in [0.29, 0.717) is 22.5 Å². The van der Waals surface area contributed by atoms with Crippen LogP contribution in [-0.2, 0) is 20.0 Å². The molecule has 2 aromatic rings. The molecule has 1 heterocycles. The molecule has 1 atom stereocenters. The van der Waals surface area contributed by atoms with Crippen LogP contribution in [0.25, 0.3) is 0 Å². The van der Waals surface area contributed by atoms with Crippen molar-refractivity contribution < 1.29 is 21.2 Å². The second kappa shape index (κ2) is 6.93. The van der Waals surface area contributed by atoms with Gasteiger partial charge in [0, 0.05) is 12.1 Å². The Balaban J connectivity index is 1.97. The molecule has 3 rings (SSSR count). The standard InChI is InChI=1S/C17H18FN3O4S2/c1-26(22,23)20-15-5-3-4-13(10-15)16-11-17(21(19-16)27(2,24)25)12-6-8-14(18)9-7-12/h3-10,17,20H,11H2,1-2H3/t17-/m0/s1. The Morgan fingerprint density at radius 3 is 2.33 bits per heavy atom. The second-order valence-electron chi connectivity index (χ2n) is 6.31. The smallest absolute Gasteiger partial charge is 0.247 e. The molecule has 144 valence electrons. The summed E-state index contributed by atoms with van der Waals surface area (Å²) in [7, 11) is -7.09. The Hall–Kier alpha value is -2.46. The molecule has 0 amide bonds. The van der Waals surface area contributed by atoms with Crippen LogP contribution < -0.4 is 4.72 Å². The van der Waals surface area contributed by atoms with E-state index in [1.807, 2.05) is 0 Å². The molecular formula is C17H18FN3O4S2. The van der Waals surface area contributed by atoms with Crippen LogP contribution in [0.2, 0.25) is 0 Å². The number of hydrogen-bond donors (Lipinski definition) is 1. The van der Waals surface area contributed by atoms with Gasteiger partial charge in [0.15, 0.2) is 0 Å². The molecule has 10 heteroatoms. The number of nitrogens with one attached hydrogen (secondary N) is 1. The number of rotatable bonds is 5. The molecule has 0 spiro atoms. The van der Waals surface area contributed by atoms with E-state index in [-0.39, 0.29) is 6.42 Å². The van der Waals surface area contributed by atoms with Crippen molar-refractivity contribution in [2.45, 2.75) is 12.5 Å². The number of benzene rings is 2. The van der Waals surface area contributed by atoms with Gasteiger partial charge >= 0.3 is 0 Å². The molecule has 0 fully saturated rings. The third-order valence-corrected chi connectivity index (χ3v) is 5.59. The van der Waals surface area contributed by atoms with E-state index >= 15 is 0 Å². The average Bonchev–Trinajstić information content (AvgIpc) is 3.00. The van der Waals surface area contributed by atoms with E-state index in [1.54, 1.807) is 24.3 Å². The SMILES string of the molecule is CS(=O)(=O)Nc1cccc(C2=NN(S(C)(=O)=O)[C@H](c3ccc(F)cc3)C2)c1. The van der Waals surface area contributed by atoms with Crippen molar-refractivity contribution >= 4 is 31.4 Å². The van der Waals surface area contributed by atoms with Crippen LogP contribution in [0.4, 0.5) is 10.1 Å². The first-order chi connectivity index (χ1) is 12.5. The summed E-state index contributed by atoms with van der Waals surface area (Å²) in [6.45, 7) is 0. The molecule has 0 saturated carbocycles. The van der Waals surface area contributed by atoms with Gasteiger partial charge in [-0.3, -0.25) is 4.72 Å². The second-order valence-corrected chi connectivity index (χ2v) is 9.90. The third kappa shape index (κ3) is 4.64. The molecule has 1 aliphatic rings. The van der Waals surface area contributed by atoms with Gasteiger partial charge in [-0.2, -0.15) is 9.52 Å². The molecular weight excluding hydrogens is 393 g/mol. The Morgan fingerprint density at radius 1 is 1.07 bits per heavy atom. The molecule has 2 aromatic carbocycles. The summed E-state index contributed by atoms with van der Waals surface area (Å²) in [5, 5.41) is 4.24. The van der Waals surface area contributed by atoms with Crippen molar-refractivity contribution in [3.8, 4) is 0 Å². The van der Waals surface area contributed by atoms with Crippen LogP contribution in [0.5, 0.6) is 0 Å².